The van der Waals surface area contributed by atoms with Gasteiger partial charge in [-0.15, -0.1) is 10.2 Å². The first-order valence-electron chi connectivity index (χ1n) is 9.01. The summed E-state index contributed by atoms with van der Waals surface area (Å²) in [5.74, 6) is 1.42. The number of halogens is 2. The monoisotopic (exact) mass is 450 g/mol. The highest BCUT2D eigenvalue weighted by molar-refractivity contribution is 7.99. The van der Waals surface area contributed by atoms with Crippen molar-refractivity contribution in [3.8, 4) is 5.75 Å². The van der Waals surface area contributed by atoms with Crippen LogP contribution < -0.4 is 10.1 Å². The molecule has 1 unspecified atom stereocenters. The number of rotatable bonds is 8. The van der Waals surface area contributed by atoms with E-state index in [4.69, 9.17) is 27.9 Å². The molecule has 0 saturated heterocycles. The van der Waals surface area contributed by atoms with Crippen LogP contribution in [0.25, 0.3) is 0 Å². The maximum Gasteiger partial charge on any atom is 0.234 e. The average Bonchev–Trinajstić information content (AvgIpc) is 3.14. The minimum Gasteiger partial charge on any atom is -0.483 e. The lowest BCUT2D eigenvalue weighted by Gasteiger charge is -2.15. The van der Waals surface area contributed by atoms with Crippen molar-refractivity contribution >= 4 is 46.6 Å². The summed E-state index contributed by atoms with van der Waals surface area (Å²) in [6, 6.07) is 14.6. The van der Waals surface area contributed by atoms with Crippen LogP contribution >= 0.6 is 35.0 Å². The van der Waals surface area contributed by atoms with Gasteiger partial charge in [0.25, 0.3) is 0 Å². The lowest BCUT2D eigenvalue weighted by Crippen LogP contribution is -2.15. The Morgan fingerprint density at radius 3 is 2.66 bits per heavy atom. The third kappa shape index (κ3) is 5.44. The smallest absolute Gasteiger partial charge is 0.234 e. The van der Waals surface area contributed by atoms with E-state index < -0.39 is 0 Å². The number of nitrogens with zero attached hydrogens (tertiary/aromatic N) is 3. The first kappa shape index (κ1) is 21.5. The number of aromatic nitrogens is 3. The van der Waals surface area contributed by atoms with Crippen molar-refractivity contribution in [2.45, 2.75) is 31.7 Å². The highest BCUT2D eigenvalue weighted by atomic mass is 35.5. The van der Waals surface area contributed by atoms with Crippen molar-refractivity contribution in [1.29, 1.82) is 0 Å². The number of hydrogen-bond acceptors (Lipinski definition) is 5. The number of amides is 1. The van der Waals surface area contributed by atoms with E-state index in [0.717, 1.165) is 5.75 Å². The van der Waals surface area contributed by atoms with Gasteiger partial charge in [-0.2, -0.15) is 0 Å². The maximum absolute atomic E-state index is 12.3. The molecular weight excluding hydrogens is 431 g/mol. The van der Waals surface area contributed by atoms with Crippen molar-refractivity contribution in [2.75, 3.05) is 11.1 Å². The zero-order chi connectivity index (χ0) is 20.8. The van der Waals surface area contributed by atoms with E-state index in [9.17, 15) is 4.79 Å². The lowest BCUT2D eigenvalue weighted by atomic mass is 10.3. The van der Waals surface area contributed by atoms with Crippen LogP contribution in [0.4, 0.5) is 5.69 Å². The normalized spacial score (nSPS) is 11.9. The van der Waals surface area contributed by atoms with Gasteiger partial charge in [-0.25, -0.2) is 0 Å². The topological polar surface area (TPSA) is 69.0 Å². The third-order valence-electron chi connectivity index (χ3n) is 4.04. The molecule has 0 aliphatic rings. The number of anilines is 1. The van der Waals surface area contributed by atoms with Gasteiger partial charge < -0.3 is 14.6 Å². The third-order valence-corrected chi connectivity index (χ3v) is 5.83. The molecule has 9 heteroatoms. The van der Waals surface area contributed by atoms with E-state index in [1.807, 2.05) is 48.7 Å². The predicted molar refractivity (Wildman–Crippen MR) is 117 cm³/mol. The molecule has 152 valence electrons. The summed E-state index contributed by atoms with van der Waals surface area (Å²) >= 11 is 13.4. The van der Waals surface area contributed by atoms with Crippen LogP contribution in [0.2, 0.25) is 10.0 Å². The molecule has 1 aromatic heterocycles. The summed E-state index contributed by atoms with van der Waals surface area (Å²) in [6.45, 7) is 4.58. The van der Waals surface area contributed by atoms with Gasteiger partial charge in [0, 0.05) is 6.54 Å². The molecule has 1 heterocycles. The molecule has 0 aliphatic carbocycles. The Hall–Kier alpha value is -2.22. The number of ether oxygens (including phenoxy) is 1. The van der Waals surface area contributed by atoms with Crippen molar-refractivity contribution in [1.82, 2.24) is 14.8 Å². The molecule has 1 amide bonds. The van der Waals surface area contributed by atoms with Gasteiger partial charge >= 0.3 is 0 Å². The Balaban J connectivity index is 1.64. The molecule has 0 fully saturated rings. The van der Waals surface area contributed by atoms with Crippen LogP contribution in [0, 0.1) is 0 Å². The first-order valence-corrected chi connectivity index (χ1v) is 10.7. The fraction of sp³-hybridized carbons (Fsp3) is 0.250. The molecule has 0 bridgehead atoms. The molecule has 0 radical (unpaired) electrons. The number of carbonyl (C=O) groups excluding carboxylic acids is 1. The second-order valence-electron chi connectivity index (χ2n) is 6.10. The minimum absolute atomic E-state index is 0.162. The Morgan fingerprint density at radius 1 is 1.17 bits per heavy atom. The minimum atomic E-state index is -0.279. The maximum atomic E-state index is 12.3. The zero-order valence-electron chi connectivity index (χ0n) is 15.9. The van der Waals surface area contributed by atoms with E-state index in [1.165, 1.54) is 11.8 Å². The summed E-state index contributed by atoms with van der Waals surface area (Å²) in [5.41, 5.74) is 0.479. The Kier molecular flexibility index (Phi) is 7.41. The van der Waals surface area contributed by atoms with Gasteiger partial charge in [-0.1, -0.05) is 59.2 Å². The standard InChI is InChI=1S/C20H20Cl2N4O2S/c1-3-26-19(13(2)28-14-8-5-4-6-9-14)24-25-20(26)29-12-17(27)23-16-11-7-10-15(21)18(16)22/h4-11,13H,3,12H2,1-2H3,(H,23,27). The van der Waals surface area contributed by atoms with E-state index in [-0.39, 0.29) is 17.8 Å². The SMILES string of the molecule is CCn1c(SCC(=O)Nc2cccc(Cl)c2Cl)nnc1C(C)Oc1ccccc1. The van der Waals surface area contributed by atoms with E-state index in [2.05, 4.69) is 15.5 Å². The number of benzene rings is 2. The van der Waals surface area contributed by atoms with E-state index in [1.54, 1.807) is 18.2 Å². The van der Waals surface area contributed by atoms with Crippen LogP contribution in [0.5, 0.6) is 5.75 Å². The molecule has 3 aromatic rings. The van der Waals surface area contributed by atoms with Crippen LogP contribution in [-0.4, -0.2) is 26.4 Å². The quantitative estimate of drug-likeness (QED) is 0.460. The predicted octanol–water partition coefficient (Wildman–Crippen LogP) is 5.48. The van der Waals surface area contributed by atoms with E-state index >= 15 is 0 Å². The van der Waals surface area contributed by atoms with Gasteiger partial charge in [0.05, 0.1) is 21.5 Å². The number of hydrogen-bond donors (Lipinski definition) is 1. The molecule has 2 aromatic carbocycles. The number of carbonyl (C=O) groups is 1. The molecule has 6 nitrogen and oxygen atoms in total. The highest BCUT2D eigenvalue weighted by Gasteiger charge is 2.19. The Bertz CT molecular complexity index is 982. The fourth-order valence-corrected chi connectivity index (χ4v) is 3.83. The van der Waals surface area contributed by atoms with Crippen LogP contribution in [0.3, 0.4) is 0 Å². The summed E-state index contributed by atoms with van der Waals surface area (Å²) in [5, 5.41) is 12.6. The Labute approximate surface area is 183 Å². The summed E-state index contributed by atoms with van der Waals surface area (Å²) < 4.78 is 7.89. The molecule has 0 aliphatic heterocycles. The molecule has 0 spiro atoms. The first-order chi connectivity index (χ1) is 14.0. The molecular formula is C20H20Cl2N4O2S. The van der Waals surface area contributed by atoms with Crippen molar-refractivity contribution in [2.24, 2.45) is 0 Å². The molecule has 3 rings (SSSR count). The largest absolute Gasteiger partial charge is 0.483 e. The van der Waals surface area contributed by atoms with Crippen LogP contribution in [0.1, 0.15) is 25.8 Å². The number of thioether (sulfide) groups is 1. The van der Waals surface area contributed by atoms with Crippen LogP contribution in [0.15, 0.2) is 53.7 Å². The summed E-state index contributed by atoms with van der Waals surface area (Å²) in [7, 11) is 0. The number of nitrogens with one attached hydrogen (secondary N) is 1. The average molecular weight is 451 g/mol. The Morgan fingerprint density at radius 2 is 1.93 bits per heavy atom. The van der Waals surface area contributed by atoms with Gasteiger partial charge in [0.2, 0.25) is 5.91 Å². The van der Waals surface area contributed by atoms with Crippen molar-refractivity contribution in [3.63, 3.8) is 0 Å². The van der Waals surface area contributed by atoms with Gasteiger partial charge in [-0.3, -0.25) is 4.79 Å². The number of para-hydroxylation sites is 1. The zero-order valence-corrected chi connectivity index (χ0v) is 18.3. The van der Waals surface area contributed by atoms with Gasteiger partial charge in [0.15, 0.2) is 17.1 Å². The van der Waals surface area contributed by atoms with E-state index in [0.29, 0.717) is 33.3 Å². The molecule has 29 heavy (non-hydrogen) atoms. The fourth-order valence-electron chi connectivity index (χ4n) is 2.68. The van der Waals surface area contributed by atoms with Crippen LogP contribution in [-0.2, 0) is 11.3 Å². The van der Waals surface area contributed by atoms with Crippen molar-refractivity contribution < 1.29 is 9.53 Å². The van der Waals surface area contributed by atoms with Crippen molar-refractivity contribution in [3.05, 3.63) is 64.4 Å². The lowest BCUT2D eigenvalue weighted by molar-refractivity contribution is -0.113. The van der Waals surface area contributed by atoms with Gasteiger partial charge in [-0.05, 0) is 38.1 Å². The summed E-state index contributed by atoms with van der Waals surface area (Å²) in [4.78, 5) is 12.3. The molecule has 0 saturated carbocycles. The summed E-state index contributed by atoms with van der Waals surface area (Å²) in [6.07, 6.45) is -0.279. The highest BCUT2D eigenvalue weighted by Crippen LogP contribution is 2.30. The van der Waals surface area contributed by atoms with Gasteiger partial charge in [0.1, 0.15) is 5.75 Å². The molecule has 1 atom stereocenters. The second kappa shape index (κ2) is 10.0. The molecule has 1 N–H and O–H groups in total. The second-order valence-corrected chi connectivity index (χ2v) is 7.82.